The van der Waals surface area contributed by atoms with Crippen molar-refractivity contribution in [3.63, 3.8) is 0 Å². The van der Waals surface area contributed by atoms with Gasteiger partial charge in [-0.1, -0.05) is 0 Å². The van der Waals surface area contributed by atoms with Crippen molar-refractivity contribution in [3.05, 3.63) is 24.3 Å². The summed E-state index contributed by atoms with van der Waals surface area (Å²) in [5, 5.41) is 3.46. The number of nitrogens with one attached hydrogen (secondary N) is 1. The fourth-order valence-corrected chi connectivity index (χ4v) is 3.52. The fourth-order valence-electron chi connectivity index (χ4n) is 3.52. The molecule has 2 aliphatic rings. The Morgan fingerprint density at radius 2 is 1.75 bits per heavy atom. The summed E-state index contributed by atoms with van der Waals surface area (Å²) >= 11 is 0. The van der Waals surface area contributed by atoms with Gasteiger partial charge in [-0.05, 0) is 31.2 Å². The lowest BCUT2D eigenvalue weighted by Gasteiger charge is -2.37. The highest BCUT2D eigenvalue weighted by Crippen LogP contribution is 2.20. The van der Waals surface area contributed by atoms with E-state index in [2.05, 4.69) is 39.1 Å². The molecule has 0 aromatic heterocycles. The number of nitrogens with zero attached hydrogens (tertiary/aromatic N) is 4. The van der Waals surface area contributed by atoms with Crippen LogP contribution >= 0.6 is 24.0 Å². The maximum Gasteiger partial charge on any atom is 0.194 e. The first-order valence-corrected chi connectivity index (χ1v) is 10.0. The summed E-state index contributed by atoms with van der Waals surface area (Å²) < 4.78 is 10.7. The lowest BCUT2D eigenvalue weighted by atomic mass is 10.2. The molecule has 2 aliphatic heterocycles. The average Bonchev–Trinajstić information content (AvgIpc) is 2.74. The van der Waals surface area contributed by atoms with Crippen molar-refractivity contribution >= 4 is 35.6 Å². The topological polar surface area (TPSA) is 52.6 Å². The number of guanidine groups is 1. The van der Waals surface area contributed by atoms with E-state index in [1.807, 2.05) is 12.1 Å². The van der Waals surface area contributed by atoms with E-state index in [0.29, 0.717) is 0 Å². The van der Waals surface area contributed by atoms with Gasteiger partial charge >= 0.3 is 0 Å². The highest BCUT2D eigenvalue weighted by atomic mass is 127. The predicted molar refractivity (Wildman–Crippen MR) is 125 cm³/mol. The first kappa shape index (κ1) is 23.0. The second-order valence-corrected chi connectivity index (χ2v) is 6.86. The van der Waals surface area contributed by atoms with Crippen LogP contribution in [0.2, 0.25) is 0 Å². The molecule has 0 bridgehead atoms. The number of hydrogen-bond donors (Lipinski definition) is 1. The van der Waals surface area contributed by atoms with E-state index in [-0.39, 0.29) is 24.0 Å². The molecule has 0 amide bonds. The molecular weight excluding hydrogens is 469 g/mol. The first-order valence-electron chi connectivity index (χ1n) is 10.0. The molecule has 1 aromatic rings. The van der Waals surface area contributed by atoms with Gasteiger partial charge in [0.2, 0.25) is 0 Å². The Bertz CT molecular complexity index is 585. The molecule has 28 heavy (non-hydrogen) atoms. The number of hydrogen-bond acceptors (Lipinski definition) is 5. The molecule has 0 spiro atoms. The zero-order valence-corrected chi connectivity index (χ0v) is 19.4. The number of ether oxygens (including phenoxy) is 2. The Morgan fingerprint density at radius 1 is 1.07 bits per heavy atom. The molecule has 0 aliphatic carbocycles. The Balaban J connectivity index is 0.00000280. The van der Waals surface area contributed by atoms with Gasteiger partial charge in [0, 0.05) is 58.0 Å². The molecule has 0 saturated carbocycles. The minimum absolute atomic E-state index is 0. The summed E-state index contributed by atoms with van der Waals surface area (Å²) in [4.78, 5) is 12.1. The van der Waals surface area contributed by atoms with E-state index in [1.165, 1.54) is 5.69 Å². The highest BCUT2D eigenvalue weighted by Gasteiger charge is 2.20. The molecule has 7 nitrogen and oxygen atoms in total. The quantitative estimate of drug-likeness (QED) is 0.363. The van der Waals surface area contributed by atoms with Crippen LogP contribution in [0.25, 0.3) is 0 Å². The van der Waals surface area contributed by atoms with Crippen molar-refractivity contribution in [2.75, 3.05) is 84.1 Å². The van der Waals surface area contributed by atoms with Gasteiger partial charge in [-0.2, -0.15) is 0 Å². The highest BCUT2D eigenvalue weighted by molar-refractivity contribution is 14.0. The largest absolute Gasteiger partial charge is 0.497 e. The van der Waals surface area contributed by atoms with Gasteiger partial charge in [-0.3, -0.25) is 9.89 Å². The number of anilines is 1. The van der Waals surface area contributed by atoms with Gasteiger partial charge in [-0.15, -0.1) is 24.0 Å². The Hall–Kier alpha value is -1.26. The number of benzene rings is 1. The van der Waals surface area contributed by atoms with E-state index in [1.54, 1.807) is 7.11 Å². The lowest BCUT2D eigenvalue weighted by Crippen LogP contribution is -2.52. The third kappa shape index (κ3) is 6.66. The molecule has 3 rings (SSSR count). The summed E-state index contributed by atoms with van der Waals surface area (Å²) in [7, 11) is 1.70. The molecule has 0 radical (unpaired) electrons. The summed E-state index contributed by atoms with van der Waals surface area (Å²) in [5.74, 6) is 1.94. The number of morpholine rings is 1. The SMILES string of the molecule is CCNC(=NCCN1CCOCC1)N1CCN(c2ccc(OC)cc2)CC1.I. The van der Waals surface area contributed by atoms with E-state index >= 15 is 0 Å². The van der Waals surface area contributed by atoms with Crippen molar-refractivity contribution in [1.29, 1.82) is 0 Å². The van der Waals surface area contributed by atoms with Crippen LogP contribution in [0.15, 0.2) is 29.3 Å². The lowest BCUT2D eigenvalue weighted by molar-refractivity contribution is 0.0394. The van der Waals surface area contributed by atoms with Gasteiger partial charge < -0.3 is 24.6 Å². The summed E-state index contributed by atoms with van der Waals surface area (Å²) in [6, 6.07) is 8.32. The number of halogens is 1. The number of methoxy groups -OCH3 is 1. The van der Waals surface area contributed by atoms with Crippen molar-refractivity contribution < 1.29 is 9.47 Å². The third-order valence-electron chi connectivity index (χ3n) is 5.13. The van der Waals surface area contributed by atoms with Crippen LogP contribution < -0.4 is 15.0 Å². The summed E-state index contributed by atoms with van der Waals surface area (Å²) in [6.07, 6.45) is 0. The van der Waals surface area contributed by atoms with Gasteiger partial charge in [0.1, 0.15) is 5.75 Å². The van der Waals surface area contributed by atoms with Gasteiger partial charge in [-0.25, -0.2) is 0 Å². The number of rotatable bonds is 6. The maximum absolute atomic E-state index is 5.41. The smallest absolute Gasteiger partial charge is 0.194 e. The molecule has 2 heterocycles. The van der Waals surface area contributed by atoms with Crippen LogP contribution in [-0.2, 0) is 4.74 Å². The standard InChI is InChI=1S/C20H33N5O2.HI/c1-3-21-20(22-8-9-23-14-16-27-17-15-23)25-12-10-24(11-13-25)18-4-6-19(26-2)7-5-18;/h4-7H,3,8-17H2,1-2H3,(H,21,22);1H. The molecule has 1 aromatic carbocycles. The molecule has 8 heteroatoms. The van der Waals surface area contributed by atoms with Crippen LogP contribution in [0.3, 0.4) is 0 Å². The molecule has 2 fully saturated rings. The third-order valence-corrected chi connectivity index (χ3v) is 5.13. The zero-order chi connectivity index (χ0) is 18.9. The number of piperazine rings is 1. The minimum Gasteiger partial charge on any atom is -0.497 e. The van der Waals surface area contributed by atoms with Crippen LogP contribution in [0.4, 0.5) is 5.69 Å². The molecule has 0 unspecified atom stereocenters. The van der Waals surface area contributed by atoms with Crippen molar-refractivity contribution in [3.8, 4) is 5.75 Å². The summed E-state index contributed by atoms with van der Waals surface area (Å²) in [5.41, 5.74) is 1.25. The van der Waals surface area contributed by atoms with Gasteiger partial charge in [0.05, 0.1) is 26.9 Å². The van der Waals surface area contributed by atoms with Crippen molar-refractivity contribution in [2.45, 2.75) is 6.92 Å². The van der Waals surface area contributed by atoms with Crippen molar-refractivity contribution in [2.24, 2.45) is 4.99 Å². The molecule has 0 atom stereocenters. The second-order valence-electron chi connectivity index (χ2n) is 6.86. The molecular formula is C20H34IN5O2. The van der Waals surface area contributed by atoms with E-state index < -0.39 is 0 Å². The maximum atomic E-state index is 5.41. The van der Waals surface area contributed by atoms with Crippen LogP contribution in [0, 0.1) is 0 Å². The number of aliphatic imine (C=N–C) groups is 1. The van der Waals surface area contributed by atoms with E-state index in [9.17, 15) is 0 Å². The Kier molecular flexibility index (Phi) is 10.1. The molecule has 2 saturated heterocycles. The van der Waals surface area contributed by atoms with E-state index in [4.69, 9.17) is 14.5 Å². The molecule has 1 N–H and O–H groups in total. The van der Waals surface area contributed by atoms with E-state index in [0.717, 1.165) is 83.8 Å². The average molecular weight is 503 g/mol. The monoisotopic (exact) mass is 503 g/mol. The predicted octanol–water partition coefficient (Wildman–Crippen LogP) is 1.73. The van der Waals surface area contributed by atoms with Crippen LogP contribution in [-0.4, -0.2) is 95.0 Å². The van der Waals surface area contributed by atoms with Crippen LogP contribution in [0.5, 0.6) is 5.75 Å². The second kappa shape index (κ2) is 12.3. The zero-order valence-electron chi connectivity index (χ0n) is 17.1. The normalized spacial score (nSPS) is 18.6. The first-order chi connectivity index (χ1) is 13.3. The van der Waals surface area contributed by atoms with Crippen LogP contribution in [0.1, 0.15) is 6.92 Å². The fraction of sp³-hybridized carbons (Fsp3) is 0.650. The molecule has 158 valence electrons. The van der Waals surface area contributed by atoms with Crippen molar-refractivity contribution in [1.82, 2.24) is 15.1 Å². The van der Waals surface area contributed by atoms with Gasteiger partial charge in [0.25, 0.3) is 0 Å². The Labute approximate surface area is 186 Å². The Morgan fingerprint density at radius 3 is 2.36 bits per heavy atom. The minimum atomic E-state index is 0. The van der Waals surface area contributed by atoms with Gasteiger partial charge in [0.15, 0.2) is 5.96 Å². The summed E-state index contributed by atoms with van der Waals surface area (Å²) in [6.45, 7) is 12.6.